The van der Waals surface area contributed by atoms with E-state index in [4.69, 9.17) is 0 Å². The van der Waals surface area contributed by atoms with Gasteiger partial charge in [-0.1, -0.05) is 29.8 Å². The summed E-state index contributed by atoms with van der Waals surface area (Å²) in [6.45, 7) is 6.52. The van der Waals surface area contributed by atoms with E-state index in [0.717, 1.165) is 30.3 Å². The molecule has 0 bridgehead atoms. The summed E-state index contributed by atoms with van der Waals surface area (Å²) in [5, 5.41) is 0.788. The van der Waals surface area contributed by atoms with Gasteiger partial charge in [-0.05, 0) is 31.1 Å². The first-order chi connectivity index (χ1) is 7.15. The van der Waals surface area contributed by atoms with Gasteiger partial charge in [-0.3, -0.25) is 4.79 Å². The summed E-state index contributed by atoms with van der Waals surface area (Å²) in [5.74, 6) is 1.89. The van der Waals surface area contributed by atoms with Crippen LogP contribution in [0.25, 0.3) is 0 Å². The van der Waals surface area contributed by atoms with E-state index in [1.807, 2.05) is 4.90 Å². The molecule has 1 amide bonds. The number of amides is 1. The summed E-state index contributed by atoms with van der Waals surface area (Å²) >= 11 is 3.32. The van der Waals surface area contributed by atoms with Crippen LogP contribution in [0.2, 0.25) is 0 Å². The SMILES string of the molecule is CC(C)C1CCCN(C(=O)CCBr)CC1. The van der Waals surface area contributed by atoms with Crippen molar-refractivity contribution in [3.8, 4) is 0 Å². The predicted octanol–water partition coefficient (Wildman–Crippen LogP) is 3.06. The number of likely N-dealkylation sites (tertiary alicyclic amines) is 1. The Morgan fingerprint density at radius 1 is 1.40 bits per heavy atom. The van der Waals surface area contributed by atoms with E-state index in [2.05, 4.69) is 29.8 Å². The van der Waals surface area contributed by atoms with Gasteiger partial charge >= 0.3 is 0 Å². The maximum absolute atomic E-state index is 11.7. The van der Waals surface area contributed by atoms with Crippen LogP contribution in [-0.4, -0.2) is 29.2 Å². The van der Waals surface area contributed by atoms with Gasteiger partial charge in [0.1, 0.15) is 0 Å². The van der Waals surface area contributed by atoms with Crippen molar-refractivity contribution in [2.45, 2.75) is 39.5 Å². The van der Waals surface area contributed by atoms with E-state index in [1.54, 1.807) is 0 Å². The number of nitrogens with zero attached hydrogens (tertiary/aromatic N) is 1. The monoisotopic (exact) mass is 275 g/mol. The quantitative estimate of drug-likeness (QED) is 0.725. The molecule has 0 radical (unpaired) electrons. The Kier molecular flexibility index (Phi) is 5.65. The predicted molar refractivity (Wildman–Crippen MR) is 67.2 cm³/mol. The van der Waals surface area contributed by atoms with Gasteiger partial charge in [0.05, 0.1) is 0 Å². The Balaban J connectivity index is 2.42. The van der Waals surface area contributed by atoms with Gasteiger partial charge < -0.3 is 4.90 Å². The third kappa shape index (κ3) is 4.13. The molecule has 0 saturated carbocycles. The zero-order valence-corrected chi connectivity index (χ0v) is 11.4. The Labute approximate surface area is 102 Å². The molecule has 1 aliphatic heterocycles. The summed E-state index contributed by atoms with van der Waals surface area (Å²) in [5.41, 5.74) is 0. The molecule has 1 fully saturated rings. The molecule has 3 heteroatoms. The second kappa shape index (κ2) is 6.51. The number of rotatable bonds is 3. The molecule has 1 heterocycles. The number of hydrogen-bond donors (Lipinski definition) is 0. The molecule has 1 aliphatic rings. The first kappa shape index (κ1) is 13.0. The van der Waals surface area contributed by atoms with E-state index >= 15 is 0 Å². The molecule has 1 saturated heterocycles. The van der Waals surface area contributed by atoms with Gasteiger partial charge in [-0.25, -0.2) is 0 Å². The number of carbonyl (C=O) groups is 1. The minimum Gasteiger partial charge on any atom is -0.343 e. The average molecular weight is 276 g/mol. The molecule has 0 aliphatic carbocycles. The molecule has 0 N–H and O–H groups in total. The first-order valence-electron chi connectivity index (χ1n) is 5.99. The van der Waals surface area contributed by atoms with Crippen molar-refractivity contribution in [2.75, 3.05) is 18.4 Å². The molecule has 1 unspecified atom stereocenters. The lowest BCUT2D eigenvalue weighted by Gasteiger charge is -2.21. The minimum absolute atomic E-state index is 0.316. The summed E-state index contributed by atoms with van der Waals surface area (Å²) in [6.07, 6.45) is 4.30. The summed E-state index contributed by atoms with van der Waals surface area (Å²) in [4.78, 5) is 13.8. The van der Waals surface area contributed by atoms with Crippen molar-refractivity contribution in [2.24, 2.45) is 11.8 Å². The van der Waals surface area contributed by atoms with Crippen LogP contribution in [-0.2, 0) is 4.79 Å². The molecule has 2 nitrogen and oxygen atoms in total. The van der Waals surface area contributed by atoms with Crippen LogP contribution in [0.5, 0.6) is 0 Å². The smallest absolute Gasteiger partial charge is 0.223 e. The number of carbonyl (C=O) groups excluding carboxylic acids is 1. The van der Waals surface area contributed by atoms with Crippen LogP contribution in [0.1, 0.15) is 39.5 Å². The van der Waals surface area contributed by atoms with E-state index in [-0.39, 0.29) is 0 Å². The second-order valence-corrected chi connectivity index (χ2v) is 5.55. The summed E-state index contributed by atoms with van der Waals surface area (Å²) in [7, 11) is 0. The van der Waals surface area contributed by atoms with E-state index in [1.165, 1.54) is 19.3 Å². The van der Waals surface area contributed by atoms with Gasteiger partial charge in [0, 0.05) is 24.8 Å². The summed E-state index contributed by atoms with van der Waals surface area (Å²) < 4.78 is 0. The highest BCUT2D eigenvalue weighted by molar-refractivity contribution is 9.09. The average Bonchev–Trinajstić information content (AvgIpc) is 2.43. The van der Waals surface area contributed by atoms with Crippen LogP contribution in [0.15, 0.2) is 0 Å². The molecular formula is C12H22BrNO. The molecule has 15 heavy (non-hydrogen) atoms. The highest BCUT2D eigenvalue weighted by Gasteiger charge is 2.21. The Morgan fingerprint density at radius 2 is 2.13 bits per heavy atom. The van der Waals surface area contributed by atoms with Crippen LogP contribution in [0.3, 0.4) is 0 Å². The van der Waals surface area contributed by atoms with Crippen molar-refractivity contribution in [1.82, 2.24) is 4.90 Å². The Hall–Kier alpha value is -0.0500. The van der Waals surface area contributed by atoms with Gasteiger partial charge in [-0.2, -0.15) is 0 Å². The molecular weight excluding hydrogens is 254 g/mol. The first-order valence-corrected chi connectivity index (χ1v) is 7.11. The summed E-state index contributed by atoms with van der Waals surface area (Å²) in [6, 6.07) is 0. The Bertz CT molecular complexity index is 206. The highest BCUT2D eigenvalue weighted by atomic mass is 79.9. The van der Waals surface area contributed by atoms with Crippen molar-refractivity contribution < 1.29 is 4.79 Å². The van der Waals surface area contributed by atoms with E-state index < -0.39 is 0 Å². The van der Waals surface area contributed by atoms with Gasteiger partial charge in [0.2, 0.25) is 5.91 Å². The fourth-order valence-electron chi connectivity index (χ4n) is 2.28. The lowest BCUT2D eigenvalue weighted by atomic mass is 9.89. The fraction of sp³-hybridized carbons (Fsp3) is 0.917. The largest absolute Gasteiger partial charge is 0.343 e. The molecule has 0 aromatic carbocycles. The van der Waals surface area contributed by atoms with Gasteiger partial charge in [0.25, 0.3) is 0 Å². The topological polar surface area (TPSA) is 20.3 Å². The zero-order chi connectivity index (χ0) is 11.3. The lowest BCUT2D eigenvalue weighted by molar-refractivity contribution is -0.130. The number of alkyl halides is 1. The maximum Gasteiger partial charge on any atom is 0.223 e. The lowest BCUT2D eigenvalue weighted by Crippen LogP contribution is -2.32. The molecule has 88 valence electrons. The van der Waals surface area contributed by atoms with Crippen molar-refractivity contribution in [3.05, 3.63) is 0 Å². The van der Waals surface area contributed by atoms with Gasteiger partial charge in [0.15, 0.2) is 0 Å². The number of halogens is 1. The third-order valence-corrected chi connectivity index (χ3v) is 3.77. The van der Waals surface area contributed by atoms with Crippen molar-refractivity contribution in [3.63, 3.8) is 0 Å². The van der Waals surface area contributed by atoms with E-state index in [9.17, 15) is 4.79 Å². The van der Waals surface area contributed by atoms with Crippen LogP contribution < -0.4 is 0 Å². The molecule has 0 spiro atoms. The fourth-order valence-corrected chi connectivity index (χ4v) is 2.62. The standard InChI is InChI=1S/C12H22BrNO/c1-10(2)11-4-3-8-14(9-6-11)12(15)5-7-13/h10-11H,3-9H2,1-2H3. The molecule has 0 aromatic rings. The zero-order valence-electron chi connectivity index (χ0n) is 9.84. The second-order valence-electron chi connectivity index (χ2n) is 4.75. The van der Waals surface area contributed by atoms with Crippen molar-refractivity contribution in [1.29, 1.82) is 0 Å². The minimum atomic E-state index is 0.316. The van der Waals surface area contributed by atoms with Gasteiger partial charge in [-0.15, -0.1) is 0 Å². The highest BCUT2D eigenvalue weighted by Crippen LogP contribution is 2.24. The van der Waals surface area contributed by atoms with Crippen LogP contribution in [0.4, 0.5) is 0 Å². The molecule has 0 aromatic heterocycles. The van der Waals surface area contributed by atoms with Crippen LogP contribution >= 0.6 is 15.9 Å². The molecule has 1 rings (SSSR count). The van der Waals surface area contributed by atoms with Crippen LogP contribution in [0, 0.1) is 11.8 Å². The van der Waals surface area contributed by atoms with E-state index in [0.29, 0.717) is 12.3 Å². The normalized spacial score (nSPS) is 22.9. The number of hydrogen-bond acceptors (Lipinski definition) is 1. The molecule has 1 atom stereocenters. The third-order valence-electron chi connectivity index (χ3n) is 3.38. The Morgan fingerprint density at radius 3 is 2.73 bits per heavy atom. The van der Waals surface area contributed by atoms with Crippen molar-refractivity contribution >= 4 is 21.8 Å². The maximum atomic E-state index is 11.7.